The van der Waals surface area contributed by atoms with E-state index in [2.05, 4.69) is 29.0 Å². The van der Waals surface area contributed by atoms with Crippen LogP contribution in [0.3, 0.4) is 0 Å². The van der Waals surface area contributed by atoms with Gasteiger partial charge in [-0.25, -0.2) is 0 Å². The van der Waals surface area contributed by atoms with Crippen LogP contribution in [-0.4, -0.2) is 33.9 Å². The van der Waals surface area contributed by atoms with Crippen LogP contribution >= 0.6 is 0 Å². The second-order valence-corrected chi connectivity index (χ2v) is 5.71. The van der Waals surface area contributed by atoms with Crippen LogP contribution in [0.4, 0.5) is 0 Å². The third-order valence-corrected chi connectivity index (χ3v) is 4.36. The van der Waals surface area contributed by atoms with Crippen LogP contribution in [-0.2, 0) is 0 Å². The molecule has 1 aromatic heterocycles. The average Bonchev–Trinajstić information content (AvgIpc) is 2.99. The number of nitrogens with zero attached hydrogens (tertiary/aromatic N) is 2. The summed E-state index contributed by atoms with van der Waals surface area (Å²) in [4.78, 5) is 32.1. The minimum absolute atomic E-state index is 0.151. The summed E-state index contributed by atoms with van der Waals surface area (Å²) in [7, 11) is 0. The number of amides is 1. The van der Waals surface area contributed by atoms with Crippen molar-refractivity contribution in [3.63, 3.8) is 0 Å². The van der Waals surface area contributed by atoms with Crippen molar-refractivity contribution < 1.29 is 4.79 Å². The minimum Gasteiger partial charge on any atom is -0.336 e. The predicted molar refractivity (Wildman–Crippen MR) is 83.7 cm³/mol. The highest BCUT2D eigenvalue weighted by Gasteiger charge is 2.35. The van der Waals surface area contributed by atoms with Crippen LogP contribution in [0.1, 0.15) is 35.3 Å². The van der Waals surface area contributed by atoms with Crippen LogP contribution in [0.5, 0.6) is 0 Å². The van der Waals surface area contributed by atoms with Gasteiger partial charge in [-0.05, 0) is 11.5 Å². The monoisotopic (exact) mass is 297 g/mol. The minimum atomic E-state index is -0.350. The zero-order valence-corrected chi connectivity index (χ0v) is 12.5. The van der Waals surface area contributed by atoms with Gasteiger partial charge in [0, 0.05) is 19.0 Å². The van der Waals surface area contributed by atoms with Crippen molar-refractivity contribution in [3.8, 4) is 0 Å². The Morgan fingerprint density at radius 1 is 1.27 bits per heavy atom. The number of rotatable bonds is 3. The van der Waals surface area contributed by atoms with Crippen molar-refractivity contribution in [2.75, 3.05) is 13.1 Å². The second-order valence-electron chi connectivity index (χ2n) is 5.71. The molecule has 2 aromatic rings. The predicted octanol–water partition coefficient (Wildman–Crippen LogP) is 2.04. The van der Waals surface area contributed by atoms with Crippen LogP contribution in [0.15, 0.2) is 47.5 Å². The third kappa shape index (κ3) is 2.79. The summed E-state index contributed by atoms with van der Waals surface area (Å²) in [6, 6.07) is 10.3. The van der Waals surface area contributed by atoms with E-state index < -0.39 is 0 Å². The molecular weight excluding hydrogens is 278 g/mol. The summed E-state index contributed by atoms with van der Waals surface area (Å²) < 4.78 is 0. The van der Waals surface area contributed by atoms with Gasteiger partial charge in [-0.1, -0.05) is 43.7 Å². The molecule has 2 heterocycles. The van der Waals surface area contributed by atoms with E-state index in [0.29, 0.717) is 24.9 Å². The molecule has 1 aromatic carbocycles. The Balaban J connectivity index is 1.82. The van der Waals surface area contributed by atoms with Crippen LogP contribution in [0.2, 0.25) is 0 Å². The fourth-order valence-corrected chi connectivity index (χ4v) is 3.18. The first kappa shape index (κ1) is 14.5. The molecule has 3 rings (SSSR count). The number of aromatic nitrogens is 2. The van der Waals surface area contributed by atoms with Gasteiger partial charge in [-0.15, -0.1) is 0 Å². The molecule has 0 aliphatic carbocycles. The normalized spacial score (nSPS) is 21.0. The van der Waals surface area contributed by atoms with Crippen LogP contribution in [0.25, 0.3) is 0 Å². The summed E-state index contributed by atoms with van der Waals surface area (Å²) in [5.41, 5.74) is 1.18. The zero-order valence-electron chi connectivity index (χ0n) is 12.5. The summed E-state index contributed by atoms with van der Waals surface area (Å²) in [6.45, 7) is 3.55. The Morgan fingerprint density at radius 2 is 2.05 bits per heavy atom. The maximum absolute atomic E-state index is 12.6. The number of hydrogen-bond acceptors (Lipinski definition) is 3. The Labute approximate surface area is 129 Å². The number of aromatic amines is 1. The molecule has 22 heavy (non-hydrogen) atoms. The highest BCUT2D eigenvalue weighted by molar-refractivity contribution is 5.92. The number of carbonyl (C=O) groups is 1. The summed E-state index contributed by atoms with van der Waals surface area (Å²) >= 11 is 0. The van der Waals surface area contributed by atoms with Gasteiger partial charge in [0.25, 0.3) is 11.5 Å². The molecule has 5 nitrogen and oxygen atoms in total. The maximum atomic E-state index is 12.6. The van der Waals surface area contributed by atoms with Gasteiger partial charge >= 0.3 is 0 Å². The summed E-state index contributed by atoms with van der Waals surface area (Å²) in [5.74, 6) is 0.635. The maximum Gasteiger partial charge on any atom is 0.272 e. The topological polar surface area (TPSA) is 66.1 Å². The number of benzene rings is 1. The zero-order chi connectivity index (χ0) is 15.5. The summed E-state index contributed by atoms with van der Waals surface area (Å²) in [5, 5.41) is 0. The van der Waals surface area contributed by atoms with Crippen molar-refractivity contribution in [2.24, 2.45) is 5.92 Å². The standard InChI is InChI=1S/C17H19N3O2/c1-2-12-10-20(11-14(12)13-6-4-3-5-7-13)17(22)15-8-18-9-16(21)19-15/h3-9,12,14H,2,10-11H2,1H3,(H,19,21)/t12-,14+/m0/s1. The Bertz CT molecular complexity index is 711. The molecule has 0 spiro atoms. The van der Waals surface area contributed by atoms with E-state index in [1.165, 1.54) is 18.0 Å². The molecule has 114 valence electrons. The summed E-state index contributed by atoms with van der Waals surface area (Å²) in [6.07, 6.45) is 3.61. The van der Waals surface area contributed by atoms with Crippen LogP contribution < -0.4 is 5.56 Å². The molecule has 0 unspecified atom stereocenters. The lowest BCUT2D eigenvalue weighted by atomic mass is 9.87. The first-order valence-electron chi connectivity index (χ1n) is 7.57. The molecule has 2 atom stereocenters. The largest absolute Gasteiger partial charge is 0.336 e. The molecular formula is C17H19N3O2. The van der Waals surface area contributed by atoms with Gasteiger partial charge in [0.15, 0.2) is 0 Å². The van der Waals surface area contributed by atoms with Crippen molar-refractivity contribution in [2.45, 2.75) is 19.3 Å². The van der Waals surface area contributed by atoms with Crippen molar-refractivity contribution >= 4 is 5.91 Å². The second kappa shape index (κ2) is 6.13. The van der Waals surface area contributed by atoms with Crippen molar-refractivity contribution in [1.29, 1.82) is 0 Å². The van der Waals surface area contributed by atoms with Gasteiger partial charge in [0.2, 0.25) is 0 Å². The first-order chi connectivity index (χ1) is 10.7. The smallest absolute Gasteiger partial charge is 0.272 e. The Morgan fingerprint density at radius 3 is 2.73 bits per heavy atom. The molecule has 1 aliphatic heterocycles. The molecule has 1 saturated heterocycles. The van der Waals surface area contributed by atoms with E-state index in [1.54, 1.807) is 0 Å². The fourth-order valence-electron chi connectivity index (χ4n) is 3.18. The number of hydrogen-bond donors (Lipinski definition) is 1. The number of likely N-dealkylation sites (tertiary alicyclic amines) is 1. The molecule has 1 aliphatic rings. The molecule has 0 saturated carbocycles. The van der Waals surface area contributed by atoms with E-state index >= 15 is 0 Å². The van der Waals surface area contributed by atoms with E-state index in [-0.39, 0.29) is 17.2 Å². The van der Waals surface area contributed by atoms with Gasteiger partial charge in [0.05, 0.1) is 12.4 Å². The number of carbonyl (C=O) groups excluding carboxylic acids is 1. The molecule has 1 N–H and O–H groups in total. The Hall–Kier alpha value is -2.43. The number of H-pyrrole nitrogens is 1. The van der Waals surface area contributed by atoms with Crippen molar-refractivity contribution in [3.05, 3.63) is 64.3 Å². The molecule has 0 radical (unpaired) electrons. The number of nitrogens with one attached hydrogen (secondary N) is 1. The van der Waals surface area contributed by atoms with E-state index in [9.17, 15) is 9.59 Å². The lowest BCUT2D eigenvalue weighted by molar-refractivity contribution is 0.0779. The molecule has 0 bridgehead atoms. The fraction of sp³-hybridized carbons (Fsp3) is 0.353. The SMILES string of the molecule is CC[C@H]1CN(C(=O)c2cncc(=O)[nH]2)C[C@H]1c1ccccc1. The quantitative estimate of drug-likeness (QED) is 0.942. The van der Waals surface area contributed by atoms with E-state index in [0.717, 1.165) is 6.42 Å². The lowest BCUT2D eigenvalue weighted by Crippen LogP contribution is -2.31. The highest BCUT2D eigenvalue weighted by Crippen LogP contribution is 2.34. The van der Waals surface area contributed by atoms with E-state index in [4.69, 9.17) is 0 Å². The van der Waals surface area contributed by atoms with Gasteiger partial charge < -0.3 is 9.88 Å². The molecule has 5 heteroatoms. The lowest BCUT2D eigenvalue weighted by Gasteiger charge is -2.16. The third-order valence-electron chi connectivity index (χ3n) is 4.36. The molecule has 1 amide bonds. The average molecular weight is 297 g/mol. The van der Waals surface area contributed by atoms with Crippen LogP contribution in [0, 0.1) is 5.92 Å². The highest BCUT2D eigenvalue weighted by atomic mass is 16.2. The van der Waals surface area contributed by atoms with Gasteiger partial charge in [-0.3, -0.25) is 14.6 Å². The first-order valence-corrected chi connectivity index (χ1v) is 7.57. The van der Waals surface area contributed by atoms with E-state index in [1.807, 2.05) is 23.1 Å². The van der Waals surface area contributed by atoms with Gasteiger partial charge in [0.1, 0.15) is 5.69 Å². The Kier molecular flexibility index (Phi) is 4.04. The van der Waals surface area contributed by atoms with Gasteiger partial charge in [-0.2, -0.15) is 0 Å². The van der Waals surface area contributed by atoms with Crippen molar-refractivity contribution in [1.82, 2.24) is 14.9 Å². The molecule has 1 fully saturated rings.